The maximum absolute atomic E-state index is 13.3. The van der Waals surface area contributed by atoms with Crippen molar-refractivity contribution in [3.8, 4) is 0 Å². The van der Waals surface area contributed by atoms with Crippen molar-refractivity contribution in [2.24, 2.45) is 5.73 Å². The van der Waals surface area contributed by atoms with Crippen LogP contribution in [-0.4, -0.2) is 19.9 Å². The van der Waals surface area contributed by atoms with Gasteiger partial charge in [-0.25, -0.2) is 12.8 Å². The van der Waals surface area contributed by atoms with E-state index < -0.39 is 15.8 Å². The Kier molecular flexibility index (Phi) is 4.54. The van der Waals surface area contributed by atoms with Gasteiger partial charge < -0.3 is 5.73 Å². The lowest BCUT2D eigenvalue weighted by atomic mass is 10.3. The van der Waals surface area contributed by atoms with E-state index in [2.05, 4.69) is 4.98 Å². The zero-order valence-electron chi connectivity index (χ0n) is 11.5. The van der Waals surface area contributed by atoms with Gasteiger partial charge in [-0.1, -0.05) is 6.07 Å². The number of benzene rings is 1. The Morgan fingerprint density at radius 2 is 2.05 bits per heavy atom. The lowest BCUT2D eigenvalue weighted by Crippen LogP contribution is -2.31. The molecule has 1 heterocycles. The molecule has 0 radical (unpaired) electrons. The van der Waals surface area contributed by atoms with Gasteiger partial charge in [0.15, 0.2) is 0 Å². The van der Waals surface area contributed by atoms with Crippen molar-refractivity contribution < 1.29 is 12.8 Å². The molecule has 2 aromatic rings. The molecule has 21 heavy (non-hydrogen) atoms. The summed E-state index contributed by atoms with van der Waals surface area (Å²) >= 11 is 0. The normalized spacial score (nSPS) is 11.4. The Bertz CT molecular complexity index is 717. The molecule has 1 aromatic carbocycles. The summed E-state index contributed by atoms with van der Waals surface area (Å²) in [5, 5.41) is 0. The van der Waals surface area contributed by atoms with Crippen molar-refractivity contribution in [2.45, 2.75) is 18.4 Å². The third kappa shape index (κ3) is 3.20. The molecule has 0 aliphatic rings. The van der Waals surface area contributed by atoms with Crippen molar-refractivity contribution >= 4 is 15.7 Å². The maximum Gasteiger partial charge on any atom is 0.265 e. The molecular formula is C14H16FN3O2S. The van der Waals surface area contributed by atoms with Gasteiger partial charge in [0.2, 0.25) is 0 Å². The molecule has 0 saturated carbocycles. The summed E-state index contributed by atoms with van der Waals surface area (Å²) in [6.07, 6.45) is 1.26. The number of halogens is 1. The molecule has 0 aliphatic carbocycles. The van der Waals surface area contributed by atoms with Crippen LogP contribution < -0.4 is 10.0 Å². The quantitative estimate of drug-likeness (QED) is 0.915. The van der Waals surface area contributed by atoms with Gasteiger partial charge >= 0.3 is 0 Å². The van der Waals surface area contributed by atoms with Crippen LogP contribution in [0.25, 0.3) is 0 Å². The predicted octanol–water partition coefficient (Wildman–Crippen LogP) is 1.89. The van der Waals surface area contributed by atoms with Crippen LogP contribution in [0.3, 0.4) is 0 Å². The summed E-state index contributed by atoms with van der Waals surface area (Å²) in [5.41, 5.74) is 6.32. The highest BCUT2D eigenvalue weighted by Gasteiger charge is 2.24. The monoisotopic (exact) mass is 309 g/mol. The average Bonchev–Trinajstić information content (AvgIpc) is 2.48. The first-order valence-corrected chi connectivity index (χ1v) is 7.86. The highest BCUT2D eigenvalue weighted by Crippen LogP contribution is 2.23. The molecule has 0 unspecified atom stereocenters. The van der Waals surface area contributed by atoms with Gasteiger partial charge in [-0.05, 0) is 37.3 Å². The number of hydrogen-bond acceptors (Lipinski definition) is 4. The zero-order valence-corrected chi connectivity index (χ0v) is 12.3. The van der Waals surface area contributed by atoms with Gasteiger partial charge in [-0.2, -0.15) is 0 Å². The smallest absolute Gasteiger partial charge is 0.265 e. The van der Waals surface area contributed by atoms with Gasteiger partial charge in [-0.15, -0.1) is 0 Å². The number of aromatic nitrogens is 1. The lowest BCUT2D eigenvalue weighted by molar-refractivity contribution is 0.591. The molecule has 0 fully saturated rings. The van der Waals surface area contributed by atoms with Crippen molar-refractivity contribution in [3.05, 3.63) is 54.1 Å². The molecule has 0 bridgehead atoms. The SMILES string of the molecule is CCN(c1cccc(F)c1)S(=O)(=O)c1ccc(CN)nc1. The van der Waals surface area contributed by atoms with Crippen LogP contribution in [0, 0.1) is 5.82 Å². The van der Waals surface area contributed by atoms with E-state index in [4.69, 9.17) is 5.73 Å². The van der Waals surface area contributed by atoms with E-state index in [1.807, 2.05) is 0 Å². The Morgan fingerprint density at radius 1 is 1.29 bits per heavy atom. The van der Waals surface area contributed by atoms with E-state index in [0.717, 1.165) is 4.31 Å². The predicted molar refractivity (Wildman–Crippen MR) is 78.7 cm³/mol. The molecule has 0 spiro atoms. The van der Waals surface area contributed by atoms with Gasteiger partial charge in [0.05, 0.1) is 11.4 Å². The van der Waals surface area contributed by atoms with Crippen LogP contribution >= 0.6 is 0 Å². The Morgan fingerprint density at radius 3 is 2.57 bits per heavy atom. The van der Waals surface area contributed by atoms with Crippen LogP contribution in [0.4, 0.5) is 10.1 Å². The molecule has 2 rings (SSSR count). The van der Waals surface area contributed by atoms with Crippen molar-refractivity contribution in [2.75, 3.05) is 10.8 Å². The van der Waals surface area contributed by atoms with Crippen LogP contribution in [0.1, 0.15) is 12.6 Å². The highest BCUT2D eigenvalue weighted by atomic mass is 32.2. The second kappa shape index (κ2) is 6.19. The van der Waals surface area contributed by atoms with E-state index in [9.17, 15) is 12.8 Å². The minimum Gasteiger partial charge on any atom is -0.325 e. The second-order valence-corrected chi connectivity index (χ2v) is 6.20. The number of sulfonamides is 1. The third-order valence-corrected chi connectivity index (χ3v) is 4.86. The van der Waals surface area contributed by atoms with Crippen molar-refractivity contribution in [1.29, 1.82) is 0 Å². The lowest BCUT2D eigenvalue weighted by Gasteiger charge is -2.22. The summed E-state index contributed by atoms with van der Waals surface area (Å²) < 4.78 is 39.7. The van der Waals surface area contributed by atoms with E-state index in [-0.39, 0.29) is 23.7 Å². The summed E-state index contributed by atoms with van der Waals surface area (Å²) in [4.78, 5) is 4.03. The Balaban J connectivity index is 2.44. The number of pyridine rings is 1. The van der Waals surface area contributed by atoms with Crippen LogP contribution in [0.15, 0.2) is 47.5 Å². The first kappa shape index (κ1) is 15.4. The molecule has 0 aliphatic heterocycles. The minimum absolute atomic E-state index is 0.0470. The van der Waals surface area contributed by atoms with E-state index in [0.29, 0.717) is 5.69 Å². The maximum atomic E-state index is 13.3. The number of rotatable bonds is 5. The van der Waals surface area contributed by atoms with E-state index in [1.54, 1.807) is 19.1 Å². The Labute approximate surface area is 123 Å². The van der Waals surface area contributed by atoms with Crippen LogP contribution in [0.5, 0.6) is 0 Å². The van der Waals surface area contributed by atoms with Crippen molar-refractivity contribution in [3.63, 3.8) is 0 Å². The highest BCUT2D eigenvalue weighted by molar-refractivity contribution is 7.92. The first-order chi connectivity index (χ1) is 9.98. The topological polar surface area (TPSA) is 76.3 Å². The second-order valence-electron chi connectivity index (χ2n) is 4.34. The number of nitrogens with two attached hydrogens (primary N) is 1. The summed E-state index contributed by atoms with van der Waals surface area (Å²) in [7, 11) is -3.78. The number of hydrogen-bond donors (Lipinski definition) is 1. The molecule has 0 atom stereocenters. The molecular weight excluding hydrogens is 293 g/mol. The standard InChI is InChI=1S/C14H16FN3O2S/c1-2-18(13-5-3-4-11(15)8-13)21(19,20)14-7-6-12(9-16)17-10-14/h3-8,10H,2,9,16H2,1H3. The molecule has 7 heteroatoms. The average molecular weight is 309 g/mol. The molecule has 112 valence electrons. The van der Waals surface area contributed by atoms with E-state index >= 15 is 0 Å². The van der Waals surface area contributed by atoms with Gasteiger partial charge in [-0.3, -0.25) is 9.29 Å². The molecule has 1 aromatic heterocycles. The number of nitrogens with zero attached hydrogens (tertiary/aromatic N) is 2. The molecule has 0 saturated heterocycles. The summed E-state index contributed by atoms with van der Waals surface area (Å²) in [6, 6.07) is 8.48. The van der Waals surface area contributed by atoms with Crippen molar-refractivity contribution in [1.82, 2.24) is 4.98 Å². The minimum atomic E-state index is -3.78. The van der Waals surface area contributed by atoms with Crippen LogP contribution in [-0.2, 0) is 16.6 Å². The van der Waals surface area contributed by atoms with Gasteiger partial charge in [0.25, 0.3) is 10.0 Å². The first-order valence-electron chi connectivity index (χ1n) is 6.42. The zero-order chi connectivity index (χ0) is 15.5. The fourth-order valence-corrected chi connectivity index (χ4v) is 3.35. The Hall–Kier alpha value is -1.99. The van der Waals surface area contributed by atoms with Gasteiger partial charge in [0.1, 0.15) is 10.7 Å². The summed E-state index contributed by atoms with van der Waals surface area (Å²) in [5.74, 6) is -0.488. The molecule has 0 amide bonds. The molecule has 2 N–H and O–H groups in total. The van der Waals surface area contributed by atoms with Crippen LogP contribution in [0.2, 0.25) is 0 Å². The largest absolute Gasteiger partial charge is 0.325 e. The molecule has 5 nitrogen and oxygen atoms in total. The van der Waals surface area contributed by atoms with Gasteiger partial charge in [0, 0.05) is 19.3 Å². The fourth-order valence-electron chi connectivity index (χ4n) is 1.93. The summed E-state index contributed by atoms with van der Waals surface area (Å²) in [6.45, 7) is 2.11. The van der Waals surface area contributed by atoms with E-state index in [1.165, 1.54) is 30.5 Å². The third-order valence-electron chi connectivity index (χ3n) is 2.98. The fraction of sp³-hybridized carbons (Fsp3) is 0.214. The number of anilines is 1.